The van der Waals surface area contributed by atoms with E-state index in [9.17, 15) is 0 Å². The zero-order valence-corrected chi connectivity index (χ0v) is 12.0. The fourth-order valence-corrected chi connectivity index (χ4v) is 2.01. The molecule has 0 unspecified atom stereocenters. The lowest BCUT2D eigenvalue weighted by atomic mass is 9.94. The van der Waals surface area contributed by atoms with Crippen LogP contribution in [0, 0.1) is 13.8 Å². The summed E-state index contributed by atoms with van der Waals surface area (Å²) in [7, 11) is 0. The summed E-state index contributed by atoms with van der Waals surface area (Å²) in [6.45, 7) is 13.0. The SMILES string of the molecule is CC.CCCCc1cc(C)cc(CC)c1C. The summed E-state index contributed by atoms with van der Waals surface area (Å²) in [5, 5.41) is 0. The Morgan fingerprint density at radius 2 is 1.50 bits per heavy atom. The van der Waals surface area contributed by atoms with Gasteiger partial charge in [-0.05, 0) is 49.8 Å². The zero-order valence-electron chi connectivity index (χ0n) is 12.0. The number of rotatable bonds is 4. The normalized spacial score (nSPS) is 9.62. The van der Waals surface area contributed by atoms with Crippen LogP contribution in [0.2, 0.25) is 0 Å². The van der Waals surface area contributed by atoms with Crippen molar-refractivity contribution in [2.24, 2.45) is 0 Å². The fraction of sp³-hybridized carbons (Fsp3) is 0.625. The van der Waals surface area contributed by atoms with Gasteiger partial charge in [-0.25, -0.2) is 0 Å². The van der Waals surface area contributed by atoms with Gasteiger partial charge in [-0.15, -0.1) is 0 Å². The van der Waals surface area contributed by atoms with Crippen LogP contribution in [0.25, 0.3) is 0 Å². The highest BCUT2D eigenvalue weighted by Gasteiger charge is 2.03. The van der Waals surface area contributed by atoms with Gasteiger partial charge < -0.3 is 0 Å². The van der Waals surface area contributed by atoms with Crippen molar-refractivity contribution in [2.75, 3.05) is 0 Å². The van der Waals surface area contributed by atoms with E-state index in [0.717, 1.165) is 6.42 Å². The first-order valence-electron chi connectivity index (χ1n) is 6.78. The van der Waals surface area contributed by atoms with Crippen LogP contribution in [-0.2, 0) is 12.8 Å². The molecule has 0 N–H and O–H groups in total. The number of hydrogen-bond donors (Lipinski definition) is 0. The van der Waals surface area contributed by atoms with E-state index in [-0.39, 0.29) is 0 Å². The summed E-state index contributed by atoms with van der Waals surface area (Å²) in [5.74, 6) is 0. The van der Waals surface area contributed by atoms with Gasteiger partial charge in [0.15, 0.2) is 0 Å². The summed E-state index contributed by atoms with van der Waals surface area (Å²) in [6.07, 6.45) is 5.01. The number of aryl methyl sites for hydroxylation is 3. The highest BCUT2D eigenvalue weighted by molar-refractivity contribution is 5.38. The first-order valence-corrected chi connectivity index (χ1v) is 6.78. The minimum absolute atomic E-state index is 1.16. The highest BCUT2D eigenvalue weighted by Crippen LogP contribution is 2.19. The van der Waals surface area contributed by atoms with Crippen molar-refractivity contribution in [1.29, 1.82) is 0 Å². The Morgan fingerprint density at radius 1 is 0.938 bits per heavy atom. The molecule has 0 saturated heterocycles. The lowest BCUT2D eigenvalue weighted by molar-refractivity contribution is 0.788. The maximum atomic E-state index is 2.35. The van der Waals surface area contributed by atoms with Gasteiger partial charge in [-0.3, -0.25) is 0 Å². The van der Waals surface area contributed by atoms with E-state index in [4.69, 9.17) is 0 Å². The van der Waals surface area contributed by atoms with E-state index >= 15 is 0 Å². The Kier molecular flexibility index (Phi) is 7.97. The predicted molar refractivity (Wildman–Crippen MR) is 75.3 cm³/mol. The van der Waals surface area contributed by atoms with E-state index in [2.05, 4.69) is 39.8 Å². The molecule has 1 aromatic carbocycles. The molecule has 0 spiro atoms. The topological polar surface area (TPSA) is 0 Å². The van der Waals surface area contributed by atoms with Gasteiger partial charge in [-0.1, -0.05) is 51.8 Å². The monoisotopic (exact) mass is 220 g/mol. The second kappa shape index (κ2) is 8.38. The van der Waals surface area contributed by atoms with Crippen LogP contribution in [0.4, 0.5) is 0 Å². The minimum atomic E-state index is 1.16. The van der Waals surface area contributed by atoms with Gasteiger partial charge in [0.2, 0.25) is 0 Å². The van der Waals surface area contributed by atoms with E-state index in [1.54, 1.807) is 5.56 Å². The average molecular weight is 220 g/mol. The van der Waals surface area contributed by atoms with Crippen molar-refractivity contribution in [3.63, 3.8) is 0 Å². The second-order valence-electron chi connectivity index (χ2n) is 4.17. The van der Waals surface area contributed by atoms with Crippen molar-refractivity contribution in [1.82, 2.24) is 0 Å². The maximum absolute atomic E-state index is 2.35. The molecule has 0 bridgehead atoms. The van der Waals surface area contributed by atoms with Crippen LogP contribution in [0.5, 0.6) is 0 Å². The summed E-state index contributed by atoms with van der Waals surface area (Å²) < 4.78 is 0. The van der Waals surface area contributed by atoms with E-state index in [0.29, 0.717) is 0 Å². The number of unbranched alkanes of at least 4 members (excludes halogenated alkanes) is 1. The quantitative estimate of drug-likeness (QED) is 0.651. The Bertz CT molecular complexity index is 297. The molecular formula is C16H28. The molecule has 16 heavy (non-hydrogen) atoms. The molecule has 0 saturated carbocycles. The van der Waals surface area contributed by atoms with Crippen LogP contribution in [0.3, 0.4) is 0 Å². The summed E-state index contributed by atoms with van der Waals surface area (Å²) in [6, 6.07) is 4.68. The zero-order chi connectivity index (χ0) is 12.6. The third-order valence-electron chi connectivity index (χ3n) is 2.95. The van der Waals surface area contributed by atoms with Gasteiger partial charge in [0, 0.05) is 0 Å². The van der Waals surface area contributed by atoms with Gasteiger partial charge in [-0.2, -0.15) is 0 Å². The molecule has 0 aliphatic rings. The van der Waals surface area contributed by atoms with Crippen molar-refractivity contribution in [3.8, 4) is 0 Å². The lowest BCUT2D eigenvalue weighted by Crippen LogP contribution is -1.96. The number of hydrogen-bond acceptors (Lipinski definition) is 0. The Labute approximate surface area is 102 Å². The van der Waals surface area contributed by atoms with E-state index in [1.165, 1.54) is 36.0 Å². The largest absolute Gasteiger partial charge is 0.0683 e. The minimum Gasteiger partial charge on any atom is -0.0683 e. The van der Waals surface area contributed by atoms with Gasteiger partial charge in [0.25, 0.3) is 0 Å². The molecule has 0 fully saturated rings. The van der Waals surface area contributed by atoms with Crippen LogP contribution in [0.1, 0.15) is 62.8 Å². The summed E-state index contributed by atoms with van der Waals surface area (Å²) >= 11 is 0. The molecular weight excluding hydrogens is 192 g/mol. The fourth-order valence-electron chi connectivity index (χ4n) is 2.01. The Hall–Kier alpha value is -0.780. The first kappa shape index (κ1) is 15.2. The summed E-state index contributed by atoms with van der Waals surface area (Å²) in [5.41, 5.74) is 6.02. The molecule has 92 valence electrons. The van der Waals surface area contributed by atoms with E-state index in [1.807, 2.05) is 13.8 Å². The number of benzene rings is 1. The van der Waals surface area contributed by atoms with Crippen LogP contribution < -0.4 is 0 Å². The van der Waals surface area contributed by atoms with Gasteiger partial charge in [0.1, 0.15) is 0 Å². The van der Waals surface area contributed by atoms with Crippen molar-refractivity contribution in [2.45, 2.75) is 67.2 Å². The standard InChI is InChI=1S/C14H22.C2H6/c1-5-7-8-14-10-11(3)9-13(6-2)12(14)4;1-2/h9-10H,5-8H2,1-4H3;1-2H3. The second-order valence-corrected chi connectivity index (χ2v) is 4.17. The molecule has 1 aromatic rings. The lowest BCUT2D eigenvalue weighted by Gasteiger charge is -2.11. The molecule has 0 aliphatic carbocycles. The third-order valence-corrected chi connectivity index (χ3v) is 2.95. The smallest absolute Gasteiger partial charge is 0.0276 e. The van der Waals surface area contributed by atoms with Gasteiger partial charge >= 0.3 is 0 Å². The molecule has 0 aromatic heterocycles. The average Bonchev–Trinajstić information content (AvgIpc) is 2.32. The molecule has 0 radical (unpaired) electrons. The van der Waals surface area contributed by atoms with Crippen molar-refractivity contribution in [3.05, 3.63) is 34.4 Å². The highest BCUT2D eigenvalue weighted by atomic mass is 14.1. The van der Waals surface area contributed by atoms with Gasteiger partial charge in [0.05, 0.1) is 0 Å². The molecule has 0 heteroatoms. The van der Waals surface area contributed by atoms with Crippen molar-refractivity contribution < 1.29 is 0 Å². The summed E-state index contributed by atoms with van der Waals surface area (Å²) in [4.78, 5) is 0. The molecule has 0 atom stereocenters. The molecule has 0 amide bonds. The first-order chi connectivity index (χ1) is 7.69. The van der Waals surface area contributed by atoms with Crippen LogP contribution in [-0.4, -0.2) is 0 Å². The van der Waals surface area contributed by atoms with E-state index < -0.39 is 0 Å². The van der Waals surface area contributed by atoms with Crippen LogP contribution >= 0.6 is 0 Å². The Morgan fingerprint density at radius 3 is 2.00 bits per heavy atom. The third kappa shape index (κ3) is 4.38. The molecule has 0 nitrogen and oxygen atoms in total. The Balaban J connectivity index is 0.00000106. The molecule has 0 aliphatic heterocycles. The maximum Gasteiger partial charge on any atom is -0.0276 e. The molecule has 1 rings (SSSR count). The predicted octanol–water partition coefficient (Wildman–Crippen LogP) is 5.23. The van der Waals surface area contributed by atoms with Crippen molar-refractivity contribution >= 4 is 0 Å². The molecule has 0 heterocycles. The van der Waals surface area contributed by atoms with Crippen LogP contribution in [0.15, 0.2) is 12.1 Å².